The van der Waals surface area contributed by atoms with Crippen molar-refractivity contribution in [2.75, 3.05) is 0 Å². The summed E-state index contributed by atoms with van der Waals surface area (Å²) in [5.74, 6) is 2.50. The number of benzene rings is 5. The number of para-hydroxylation sites is 2. The van der Waals surface area contributed by atoms with Crippen LogP contribution in [-0.2, 0) is 0 Å². The molecule has 0 spiro atoms. The second-order valence-corrected chi connectivity index (χ2v) is 12.4. The van der Waals surface area contributed by atoms with Gasteiger partial charge in [-0.25, -0.2) is 15.0 Å². The number of aromatic nitrogens is 6. The topological polar surface area (TPSA) is 82.5 Å². The molecule has 0 aliphatic heterocycles. The number of furan rings is 1. The smallest absolute Gasteiger partial charge is 0.238 e. The Balaban J connectivity index is 1.20. The van der Waals surface area contributed by atoms with Gasteiger partial charge in [0.15, 0.2) is 23.1 Å². The molecule has 5 aromatic carbocycles. The third kappa shape index (κ3) is 4.63. The highest BCUT2D eigenvalue weighted by Gasteiger charge is 2.21. The van der Waals surface area contributed by atoms with Crippen LogP contribution < -0.4 is 0 Å². The second-order valence-electron chi connectivity index (χ2n) is 12.4. The summed E-state index contributed by atoms with van der Waals surface area (Å²) in [5.41, 5.74) is 8.85. The van der Waals surface area contributed by atoms with Gasteiger partial charge in [-0.1, -0.05) is 109 Å². The van der Waals surface area contributed by atoms with E-state index in [-0.39, 0.29) is 0 Å². The predicted octanol–water partition coefficient (Wildman–Crippen LogP) is 10.4. The van der Waals surface area contributed by atoms with Crippen LogP contribution >= 0.6 is 0 Å². The Labute approximate surface area is 287 Å². The molecule has 7 heteroatoms. The van der Waals surface area contributed by atoms with E-state index >= 15 is 0 Å². The molecule has 9 aromatic rings. The zero-order valence-corrected chi connectivity index (χ0v) is 26.9. The minimum atomic E-state index is 0.571. The number of fused-ring (bicyclic) bond motifs is 6. The highest BCUT2D eigenvalue weighted by molar-refractivity contribution is 6.11. The maximum atomic E-state index is 6.35. The third-order valence-corrected chi connectivity index (χ3v) is 9.31. The zero-order valence-electron chi connectivity index (χ0n) is 26.9. The van der Waals surface area contributed by atoms with Crippen LogP contribution in [0, 0.1) is 0 Å². The van der Waals surface area contributed by atoms with Crippen molar-refractivity contribution in [1.29, 1.82) is 0 Å². The van der Waals surface area contributed by atoms with Crippen molar-refractivity contribution < 1.29 is 4.42 Å². The highest BCUT2D eigenvalue weighted by atomic mass is 16.3. The van der Waals surface area contributed by atoms with E-state index in [1.54, 1.807) is 0 Å². The van der Waals surface area contributed by atoms with E-state index in [1.807, 2.05) is 66.7 Å². The Morgan fingerprint density at radius 3 is 2.04 bits per heavy atom. The molecule has 0 atom stereocenters. The summed E-state index contributed by atoms with van der Waals surface area (Å²) in [6.07, 6.45) is 8.47. The Bertz CT molecular complexity index is 2810. The fourth-order valence-electron chi connectivity index (χ4n) is 6.93. The number of hydrogen-bond donors (Lipinski definition) is 0. The summed E-state index contributed by atoms with van der Waals surface area (Å²) in [6, 6.07) is 43.0. The third-order valence-electron chi connectivity index (χ3n) is 9.31. The van der Waals surface area contributed by atoms with Crippen LogP contribution in [0.3, 0.4) is 0 Å². The molecular formula is C43H28N6O. The first-order valence-electron chi connectivity index (χ1n) is 16.8. The van der Waals surface area contributed by atoms with Crippen LogP contribution in [0.15, 0.2) is 150 Å². The van der Waals surface area contributed by atoms with Gasteiger partial charge in [0.25, 0.3) is 0 Å². The summed E-state index contributed by atoms with van der Waals surface area (Å²) in [5, 5.41) is 3.10. The molecular weight excluding hydrogens is 617 g/mol. The fourth-order valence-corrected chi connectivity index (χ4v) is 6.93. The van der Waals surface area contributed by atoms with E-state index in [9.17, 15) is 0 Å². The van der Waals surface area contributed by atoms with Crippen LogP contribution in [0.5, 0.6) is 0 Å². The van der Waals surface area contributed by atoms with Gasteiger partial charge < -0.3 is 4.42 Å². The average Bonchev–Trinajstić information content (AvgIpc) is 3.74. The Morgan fingerprint density at radius 2 is 1.22 bits per heavy atom. The van der Waals surface area contributed by atoms with Crippen molar-refractivity contribution in [2.45, 2.75) is 12.8 Å². The molecule has 0 saturated carbocycles. The predicted molar refractivity (Wildman–Crippen MR) is 200 cm³/mol. The van der Waals surface area contributed by atoms with Gasteiger partial charge in [0, 0.05) is 38.4 Å². The average molecular weight is 645 g/mol. The van der Waals surface area contributed by atoms with Gasteiger partial charge in [0.1, 0.15) is 16.8 Å². The van der Waals surface area contributed by atoms with E-state index in [1.165, 1.54) is 0 Å². The molecule has 1 aliphatic carbocycles. The molecule has 4 heterocycles. The molecule has 0 amide bonds. The molecule has 1 aliphatic rings. The van der Waals surface area contributed by atoms with E-state index in [0.717, 1.165) is 79.1 Å². The molecule has 0 N–H and O–H groups in total. The van der Waals surface area contributed by atoms with E-state index in [0.29, 0.717) is 29.0 Å². The SMILES string of the molecule is C1=CC(c2nc(-c3ccccc3)nc(-n3c4ccccc4c4cc(-c5nc(-c6ccccc6)c6oc7ccccc7c6n5)ccc43)n2)=CCC1. The molecule has 7 nitrogen and oxygen atoms in total. The van der Waals surface area contributed by atoms with Crippen LogP contribution in [0.2, 0.25) is 0 Å². The fraction of sp³-hybridized carbons (Fsp3) is 0.0465. The van der Waals surface area contributed by atoms with Gasteiger partial charge in [-0.3, -0.25) is 4.57 Å². The van der Waals surface area contributed by atoms with E-state index in [2.05, 4.69) is 83.5 Å². The quantitative estimate of drug-likeness (QED) is 0.185. The van der Waals surface area contributed by atoms with Crippen molar-refractivity contribution >= 4 is 49.4 Å². The summed E-state index contributed by atoms with van der Waals surface area (Å²) in [7, 11) is 0. The van der Waals surface area contributed by atoms with Crippen molar-refractivity contribution in [1.82, 2.24) is 29.5 Å². The molecule has 10 rings (SSSR count). The Hall–Kier alpha value is -6.73. The minimum absolute atomic E-state index is 0.571. The van der Waals surface area contributed by atoms with Crippen molar-refractivity contribution in [2.24, 2.45) is 0 Å². The summed E-state index contributed by atoms with van der Waals surface area (Å²) in [6.45, 7) is 0. The van der Waals surface area contributed by atoms with Crippen molar-refractivity contribution in [3.63, 3.8) is 0 Å². The lowest BCUT2D eigenvalue weighted by molar-refractivity contribution is 0.667. The molecule has 0 bridgehead atoms. The largest absolute Gasteiger partial charge is 0.452 e. The van der Waals surface area contributed by atoms with E-state index in [4.69, 9.17) is 29.3 Å². The lowest BCUT2D eigenvalue weighted by atomic mass is 10.1. The Morgan fingerprint density at radius 1 is 0.520 bits per heavy atom. The molecule has 50 heavy (non-hydrogen) atoms. The molecule has 4 aromatic heterocycles. The van der Waals surface area contributed by atoms with Crippen LogP contribution in [0.25, 0.3) is 89.4 Å². The standard InChI is InChI=1S/C43H28N6O/c1-4-14-27(15-5-1)37-39-38(32-21-11-13-23-36(32)50-39)45-42(44-37)30-24-25-35-33(26-30)31-20-10-12-22-34(31)49(35)43-47-40(28-16-6-2-7-17-28)46-41(48-43)29-18-8-3-9-19-29/h1-2,4-8,10-26H,3,9H2. The van der Waals surface area contributed by atoms with Crippen LogP contribution in [0.1, 0.15) is 18.7 Å². The zero-order chi connectivity index (χ0) is 33.0. The first-order chi connectivity index (χ1) is 24.8. The van der Waals surface area contributed by atoms with Gasteiger partial charge in [-0.15, -0.1) is 0 Å². The molecule has 0 radical (unpaired) electrons. The summed E-state index contributed by atoms with van der Waals surface area (Å²) < 4.78 is 8.49. The highest BCUT2D eigenvalue weighted by Crippen LogP contribution is 2.38. The van der Waals surface area contributed by atoms with Crippen LogP contribution in [0.4, 0.5) is 0 Å². The van der Waals surface area contributed by atoms with Crippen molar-refractivity contribution in [3.8, 4) is 40.0 Å². The van der Waals surface area contributed by atoms with Crippen molar-refractivity contribution in [3.05, 3.63) is 151 Å². The first kappa shape index (κ1) is 28.3. The Kier molecular flexibility index (Phi) is 6.48. The van der Waals surface area contributed by atoms with E-state index < -0.39 is 0 Å². The lowest BCUT2D eigenvalue weighted by Gasteiger charge is -2.12. The lowest BCUT2D eigenvalue weighted by Crippen LogP contribution is -2.08. The number of nitrogens with zero attached hydrogens (tertiary/aromatic N) is 6. The number of allylic oxidation sites excluding steroid dienone is 4. The minimum Gasteiger partial charge on any atom is -0.452 e. The van der Waals surface area contributed by atoms with Gasteiger partial charge >= 0.3 is 0 Å². The number of hydrogen-bond acceptors (Lipinski definition) is 6. The normalized spacial score (nSPS) is 13.1. The maximum absolute atomic E-state index is 6.35. The van der Waals surface area contributed by atoms with Gasteiger partial charge in [-0.05, 0) is 49.2 Å². The number of rotatable bonds is 5. The molecule has 236 valence electrons. The molecule has 0 fully saturated rings. The molecule has 0 saturated heterocycles. The molecule has 0 unspecified atom stereocenters. The maximum Gasteiger partial charge on any atom is 0.238 e. The van der Waals surface area contributed by atoms with Gasteiger partial charge in [0.05, 0.1) is 11.0 Å². The van der Waals surface area contributed by atoms with Gasteiger partial charge in [0.2, 0.25) is 5.95 Å². The first-order valence-corrected chi connectivity index (χ1v) is 16.8. The summed E-state index contributed by atoms with van der Waals surface area (Å²) >= 11 is 0. The monoisotopic (exact) mass is 644 g/mol. The second kappa shape index (κ2) is 11.5. The summed E-state index contributed by atoms with van der Waals surface area (Å²) in [4.78, 5) is 25.4. The van der Waals surface area contributed by atoms with Crippen LogP contribution in [-0.4, -0.2) is 29.5 Å². The van der Waals surface area contributed by atoms with Gasteiger partial charge in [-0.2, -0.15) is 9.97 Å².